The minimum atomic E-state index is -3.90. The van der Waals surface area contributed by atoms with Crippen LogP contribution in [0.15, 0.2) is 59.5 Å². The molecule has 7 heteroatoms. The number of carboxylic acids is 1. The molecular weight excluding hydrogens is 347 g/mol. The molecule has 0 aromatic heterocycles. The number of sulfone groups is 1. The van der Waals surface area contributed by atoms with E-state index < -0.39 is 38.2 Å². The number of halogens is 1. The minimum absolute atomic E-state index is 0.0614. The Bertz CT molecular complexity index is 879. The second-order valence-corrected chi connectivity index (χ2v) is 8.16. The van der Waals surface area contributed by atoms with Gasteiger partial charge in [0.05, 0.1) is 16.8 Å². The van der Waals surface area contributed by atoms with Gasteiger partial charge in [0, 0.05) is 13.0 Å². The van der Waals surface area contributed by atoms with Crippen LogP contribution in [0.3, 0.4) is 0 Å². The maximum Gasteiger partial charge on any atom is 0.314 e. The van der Waals surface area contributed by atoms with Crippen molar-refractivity contribution in [2.24, 2.45) is 5.41 Å². The Morgan fingerprint density at radius 1 is 1.16 bits per heavy atom. The third kappa shape index (κ3) is 2.73. The third-order valence-corrected chi connectivity index (χ3v) is 6.96. The zero-order valence-corrected chi connectivity index (χ0v) is 14.2. The van der Waals surface area contributed by atoms with E-state index >= 15 is 0 Å². The highest BCUT2D eigenvalue weighted by atomic mass is 32.2. The van der Waals surface area contributed by atoms with Crippen LogP contribution in [0.2, 0.25) is 0 Å². The fourth-order valence-corrected chi connectivity index (χ4v) is 5.87. The Kier molecular flexibility index (Phi) is 4.38. The highest BCUT2D eigenvalue weighted by Gasteiger charge is 2.76. The van der Waals surface area contributed by atoms with Crippen LogP contribution in [0.1, 0.15) is 11.5 Å². The summed E-state index contributed by atoms with van der Waals surface area (Å²) in [6, 6.07) is 13.0. The molecule has 2 aromatic carbocycles. The van der Waals surface area contributed by atoms with Crippen molar-refractivity contribution in [1.29, 1.82) is 0 Å². The Labute approximate surface area is 145 Å². The first-order chi connectivity index (χ1) is 11.9. The summed E-state index contributed by atoms with van der Waals surface area (Å²) in [7, 11) is -2.57. The van der Waals surface area contributed by atoms with Crippen LogP contribution >= 0.6 is 0 Å². The standard InChI is InChI=1S/C18H17FO5S/c1-24-11-18(17(20)21)15(12-7-9-13(19)10-8-12)16(18)25(22,23)14-5-3-2-4-6-14/h2-10,15-16H,11H2,1H3,(H,20,21)/t15-,16+,18+/m1/s1. The van der Waals surface area contributed by atoms with Gasteiger partial charge in [-0.25, -0.2) is 12.8 Å². The number of aliphatic carboxylic acids is 1. The molecule has 0 amide bonds. The van der Waals surface area contributed by atoms with Crippen LogP contribution in [-0.2, 0) is 19.4 Å². The topological polar surface area (TPSA) is 80.7 Å². The van der Waals surface area contributed by atoms with Crippen molar-refractivity contribution >= 4 is 15.8 Å². The van der Waals surface area contributed by atoms with E-state index in [-0.39, 0.29) is 11.5 Å². The fourth-order valence-electron chi connectivity index (χ4n) is 3.49. The van der Waals surface area contributed by atoms with E-state index in [4.69, 9.17) is 4.74 Å². The van der Waals surface area contributed by atoms with Crippen LogP contribution in [0.4, 0.5) is 4.39 Å². The summed E-state index contributed by atoms with van der Waals surface area (Å²) in [5.74, 6) is -2.52. The molecule has 5 nitrogen and oxygen atoms in total. The number of benzene rings is 2. The second kappa shape index (κ2) is 6.24. The van der Waals surface area contributed by atoms with E-state index in [2.05, 4.69) is 0 Å². The average Bonchev–Trinajstić information content (AvgIpc) is 3.28. The number of rotatable bonds is 6. The molecule has 25 heavy (non-hydrogen) atoms. The van der Waals surface area contributed by atoms with Gasteiger partial charge < -0.3 is 9.84 Å². The number of hydrogen-bond acceptors (Lipinski definition) is 4. The number of ether oxygens (including phenoxy) is 1. The lowest BCUT2D eigenvalue weighted by molar-refractivity contribution is -0.145. The number of methoxy groups -OCH3 is 1. The molecule has 1 fully saturated rings. The van der Waals surface area contributed by atoms with Gasteiger partial charge in [0.1, 0.15) is 11.2 Å². The zero-order valence-electron chi connectivity index (χ0n) is 13.4. The molecule has 0 unspecified atom stereocenters. The van der Waals surface area contributed by atoms with Crippen LogP contribution < -0.4 is 0 Å². The molecule has 0 heterocycles. The summed E-state index contributed by atoms with van der Waals surface area (Å²) in [5, 5.41) is 8.61. The molecule has 1 aliphatic carbocycles. The van der Waals surface area contributed by atoms with Crippen LogP contribution in [-0.4, -0.2) is 38.5 Å². The smallest absolute Gasteiger partial charge is 0.314 e. The van der Waals surface area contributed by atoms with Gasteiger partial charge in [-0.05, 0) is 29.8 Å². The summed E-state index contributed by atoms with van der Waals surface area (Å²) in [5.41, 5.74) is -1.13. The van der Waals surface area contributed by atoms with Crippen molar-refractivity contribution in [3.05, 3.63) is 66.0 Å². The van der Waals surface area contributed by atoms with Crippen molar-refractivity contribution in [2.75, 3.05) is 13.7 Å². The molecule has 2 aromatic rings. The quantitative estimate of drug-likeness (QED) is 0.852. The SMILES string of the molecule is COC[C@]1(C(=O)O)[C@H](c2ccc(F)cc2)[C@@H]1S(=O)(=O)c1ccccc1. The molecule has 3 atom stereocenters. The summed E-state index contributed by atoms with van der Waals surface area (Å²) in [4.78, 5) is 12.1. The van der Waals surface area contributed by atoms with Gasteiger partial charge in [-0.2, -0.15) is 0 Å². The van der Waals surface area contributed by atoms with E-state index in [0.717, 1.165) is 0 Å². The van der Waals surface area contributed by atoms with E-state index in [1.165, 1.54) is 43.5 Å². The lowest BCUT2D eigenvalue weighted by atomic mass is 10.00. The molecule has 0 saturated heterocycles. The van der Waals surface area contributed by atoms with Crippen molar-refractivity contribution in [1.82, 2.24) is 0 Å². The zero-order chi connectivity index (χ0) is 18.2. The molecule has 3 rings (SSSR count). The summed E-state index contributed by atoms with van der Waals surface area (Å²) in [6.07, 6.45) is 0. The fraction of sp³-hybridized carbons (Fsp3) is 0.278. The second-order valence-electron chi connectivity index (χ2n) is 6.09. The molecular formula is C18H17FO5S. The van der Waals surface area contributed by atoms with E-state index in [0.29, 0.717) is 5.56 Å². The predicted octanol–water partition coefficient (Wildman–Crippen LogP) is 2.48. The molecule has 0 aliphatic heterocycles. The summed E-state index contributed by atoms with van der Waals surface area (Å²) in [6.45, 7) is -0.249. The van der Waals surface area contributed by atoms with Gasteiger partial charge in [0.15, 0.2) is 9.84 Å². The van der Waals surface area contributed by atoms with E-state index in [9.17, 15) is 22.7 Å². The van der Waals surface area contributed by atoms with Gasteiger partial charge >= 0.3 is 5.97 Å². The van der Waals surface area contributed by atoms with Gasteiger partial charge in [-0.15, -0.1) is 0 Å². The molecule has 1 saturated carbocycles. The van der Waals surface area contributed by atoms with Crippen LogP contribution in [0.25, 0.3) is 0 Å². The Balaban J connectivity index is 2.12. The maximum absolute atomic E-state index is 13.2. The summed E-state index contributed by atoms with van der Waals surface area (Å²) < 4.78 is 44.3. The first kappa shape index (κ1) is 17.6. The first-order valence-corrected chi connectivity index (χ1v) is 9.17. The number of carboxylic acid groups (broad SMARTS) is 1. The van der Waals surface area contributed by atoms with Gasteiger partial charge in [0.2, 0.25) is 0 Å². The Morgan fingerprint density at radius 2 is 1.76 bits per heavy atom. The highest BCUT2D eigenvalue weighted by molar-refractivity contribution is 7.92. The Hall–Kier alpha value is -2.25. The van der Waals surface area contributed by atoms with E-state index in [1.807, 2.05) is 0 Å². The molecule has 1 aliphatic rings. The number of carbonyl (C=O) groups is 1. The highest BCUT2D eigenvalue weighted by Crippen LogP contribution is 2.64. The van der Waals surface area contributed by atoms with Crippen molar-refractivity contribution in [3.63, 3.8) is 0 Å². The minimum Gasteiger partial charge on any atom is -0.481 e. The predicted molar refractivity (Wildman–Crippen MR) is 88.5 cm³/mol. The lowest BCUT2D eigenvalue weighted by Gasteiger charge is -2.12. The van der Waals surface area contributed by atoms with Crippen molar-refractivity contribution < 1.29 is 27.4 Å². The van der Waals surface area contributed by atoms with Gasteiger partial charge in [-0.3, -0.25) is 4.79 Å². The Morgan fingerprint density at radius 3 is 2.28 bits per heavy atom. The van der Waals surface area contributed by atoms with Crippen molar-refractivity contribution in [3.8, 4) is 0 Å². The molecule has 0 bridgehead atoms. The number of hydrogen-bond donors (Lipinski definition) is 1. The van der Waals surface area contributed by atoms with Crippen LogP contribution in [0, 0.1) is 11.2 Å². The normalized spacial score (nSPS) is 25.5. The molecule has 1 N–H and O–H groups in total. The maximum atomic E-state index is 13.2. The van der Waals surface area contributed by atoms with E-state index in [1.54, 1.807) is 18.2 Å². The van der Waals surface area contributed by atoms with Crippen LogP contribution in [0.5, 0.6) is 0 Å². The monoisotopic (exact) mass is 364 g/mol. The third-order valence-electron chi connectivity index (χ3n) is 4.67. The average molecular weight is 364 g/mol. The molecule has 132 valence electrons. The van der Waals surface area contributed by atoms with Gasteiger partial charge in [0.25, 0.3) is 0 Å². The largest absolute Gasteiger partial charge is 0.481 e. The lowest BCUT2D eigenvalue weighted by Crippen LogP contribution is -2.28. The summed E-state index contributed by atoms with van der Waals surface area (Å²) >= 11 is 0. The molecule has 0 radical (unpaired) electrons. The first-order valence-electron chi connectivity index (χ1n) is 7.62. The van der Waals surface area contributed by atoms with Crippen molar-refractivity contribution in [2.45, 2.75) is 16.1 Å². The van der Waals surface area contributed by atoms with Gasteiger partial charge in [-0.1, -0.05) is 30.3 Å². The molecule has 0 spiro atoms.